The Bertz CT molecular complexity index is 410. The second-order valence-corrected chi connectivity index (χ2v) is 4.26. The van der Waals surface area contributed by atoms with Gasteiger partial charge in [-0.1, -0.05) is 30.3 Å². The van der Waals surface area contributed by atoms with E-state index in [4.69, 9.17) is 10.5 Å². The number of rotatable bonds is 8. The fourth-order valence-electron chi connectivity index (χ4n) is 1.70. The summed E-state index contributed by atoms with van der Waals surface area (Å²) < 4.78 is 42.5. The van der Waals surface area contributed by atoms with Crippen molar-refractivity contribution in [2.24, 2.45) is 5.73 Å². The normalized spacial score (nSPS) is 13.2. The summed E-state index contributed by atoms with van der Waals surface area (Å²) >= 11 is 0. The first-order valence-electron chi connectivity index (χ1n) is 6.09. The van der Waals surface area contributed by atoms with Crippen LogP contribution >= 0.6 is 0 Å². The van der Waals surface area contributed by atoms with E-state index in [0.29, 0.717) is 5.56 Å². The van der Waals surface area contributed by atoms with Crippen LogP contribution in [-0.4, -0.2) is 31.8 Å². The average Bonchev–Trinajstić information content (AvgIpc) is 2.36. The first-order chi connectivity index (χ1) is 9.38. The molecule has 1 aromatic rings. The van der Waals surface area contributed by atoms with Gasteiger partial charge in [0.2, 0.25) is 5.91 Å². The van der Waals surface area contributed by atoms with Crippen molar-refractivity contribution >= 4 is 5.91 Å². The van der Waals surface area contributed by atoms with Gasteiger partial charge in [0.15, 0.2) is 0 Å². The van der Waals surface area contributed by atoms with Crippen LogP contribution in [0.3, 0.4) is 0 Å². The Kier molecular flexibility index (Phi) is 6.47. The zero-order chi connectivity index (χ0) is 15.0. The van der Waals surface area contributed by atoms with Crippen LogP contribution in [0.1, 0.15) is 18.0 Å². The molecule has 0 aliphatic carbocycles. The monoisotopic (exact) mass is 290 g/mol. The molecule has 1 unspecified atom stereocenters. The molecule has 1 aromatic carbocycles. The minimum absolute atomic E-state index is 0.115. The maximum atomic E-state index is 12.5. The van der Waals surface area contributed by atoms with Crippen LogP contribution in [0.4, 0.5) is 13.2 Å². The Morgan fingerprint density at radius 3 is 2.50 bits per heavy atom. The van der Waals surface area contributed by atoms with Crippen molar-refractivity contribution in [3.63, 3.8) is 0 Å². The quantitative estimate of drug-likeness (QED) is 0.717. The Morgan fingerprint density at radius 1 is 1.30 bits per heavy atom. The highest BCUT2D eigenvalue weighted by Gasteiger charge is 2.32. The van der Waals surface area contributed by atoms with E-state index < -0.39 is 24.5 Å². The Balaban J connectivity index is 2.49. The number of ether oxygens (including phenoxy) is 1. The number of carbonyl (C=O) groups excluding carboxylic acids is 1. The lowest BCUT2D eigenvalue weighted by molar-refractivity contribution is -0.140. The summed E-state index contributed by atoms with van der Waals surface area (Å²) in [7, 11) is 0. The van der Waals surface area contributed by atoms with Gasteiger partial charge in [-0.15, -0.1) is 0 Å². The summed E-state index contributed by atoms with van der Waals surface area (Å²) in [6.45, 7) is 0.0734. The van der Waals surface area contributed by atoms with Crippen molar-refractivity contribution in [1.29, 1.82) is 0 Å². The lowest BCUT2D eigenvalue weighted by Gasteiger charge is -2.20. The first-order valence-corrected chi connectivity index (χ1v) is 6.09. The number of halogens is 3. The van der Waals surface area contributed by atoms with Crippen LogP contribution in [0.2, 0.25) is 0 Å². The smallest absolute Gasteiger partial charge is 0.370 e. The van der Waals surface area contributed by atoms with Crippen molar-refractivity contribution in [3.8, 4) is 0 Å². The molecule has 0 radical (unpaired) electrons. The fourth-order valence-corrected chi connectivity index (χ4v) is 1.70. The molecule has 0 fully saturated rings. The van der Waals surface area contributed by atoms with E-state index in [2.05, 4.69) is 5.32 Å². The Hall–Kier alpha value is -1.60. The number of hydrogen-bond acceptors (Lipinski definition) is 3. The second kappa shape index (κ2) is 7.86. The van der Waals surface area contributed by atoms with Crippen molar-refractivity contribution in [2.45, 2.75) is 18.6 Å². The van der Waals surface area contributed by atoms with Crippen LogP contribution in [-0.2, 0) is 9.53 Å². The van der Waals surface area contributed by atoms with E-state index in [1.165, 1.54) is 0 Å². The molecule has 0 saturated heterocycles. The maximum Gasteiger partial charge on any atom is 0.390 e. The van der Waals surface area contributed by atoms with E-state index in [1.807, 2.05) is 0 Å². The number of amides is 1. The van der Waals surface area contributed by atoms with Gasteiger partial charge in [-0.3, -0.25) is 4.79 Å². The number of carbonyl (C=O) groups is 1. The Labute approximate surface area is 115 Å². The van der Waals surface area contributed by atoms with E-state index in [1.54, 1.807) is 30.3 Å². The maximum absolute atomic E-state index is 12.5. The second-order valence-electron chi connectivity index (χ2n) is 4.26. The predicted octanol–water partition coefficient (Wildman–Crippen LogP) is 1.77. The number of alkyl halides is 3. The van der Waals surface area contributed by atoms with E-state index in [0.717, 1.165) is 0 Å². The largest absolute Gasteiger partial charge is 0.390 e. The molecule has 0 aromatic heterocycles. The minimum atomic E-state index is -4.26. The third kappa shape index (κ3) is 7.10. The van der Waals surface area contributed by atoms with E-state index in [9.17, 15) is 18.0 Å². The zero-order valence-corrected chi connectivity index (χ0v) is 10.8. The van der Waals surface area contributed by atoms with Gasteiger partial charge in [-0.05, 0) is 5.56 Å². The van der Waals surface area contributed by atoms with Gasteiger partial charge < -0.3 is 15.8 Å². The number of benzene rings is 1. The van der Waals surface area contributed by atoms with Gasteiger partial charge in [0, 0.05) is 12.6 Å². The lowest BCUT2D eigenvalue weighted by Crippen LogP contribution is -2.30. The minimum Gasteiger partial charge on any atom is -0.370 e. The molecule has 112 valence electrons. The van der Waals surface area contributed by atoms with Gasteiger partial charge in [0.25, 0.3) is 0 Å². The Morgan fingerprint density at radius 2 is 1.95 bits per heavy atom. The van der Waals surface area contributed by atoms with Gasteiger partial charge in [-0.2, -0.15) is 13.2 Å². The van der Waals surface area contributed by atoms with Crippen LogP contribution in [0.25, 0.3) is 0 Å². The van der Waals surface area contributed by atoms with Crippen LogP contribution in [0, 0.1) is 0 Å². The SMILES string of the molecule is NC(=O)COCCNC(CC(F)(F)F)c1ccccc1. The predicted molar refractivity (Wildman–Crippen MR) is 67.9 cm³/mol. The molecule has 7 heteroatoms. The summed E-state index contributed by atoms with van der Waals surface area (Å²) in [6, 6.07) is 7.53. The fraction of sp³-hybridized carbons (Fsp3) is 0.462. The molecule has 0 saturated carbocycles. The van der Waals surface area contributed by atoms with Crippen LogP contribution in [0.15, 0.2) is 30.3 Å². The summed E-state index contributed by atoms with van der Waals surface area (Å²) in [5, 5.41) is 2.77. The van der Waals surface area contributed by atoms with Crippen molar-refractivity contribution in [1.82, 2.24) is 5.32 Å². The van der Waals surface area contributed by atoms with Crippen LogP contribution in [0.5, 0.6) is 0 Å². The molecule has 1 rings (SSSR count). The van der Waals surface area contributed by atoms with Crippen molar-refractivity contribution in [2.75, 3.05) is 19.8 Å². The molecule has 0 aliphatic rings. The number of primary amides is 1. The van der Waals surface area contributed by atoms with E-state index >= 15 is 0 Å². The lowest BCUT2D eigenvalue weighted by atomic mass is 10.0. The van der Waals surface area contributed by atoms with Gasteiger partial charge in [0.05, 0.1) is 13.0 Å². The van der Waals surface area contributed by atoms with Crippen molar-refractivity contribution < 1.29 is 22.7 Å². The average molecular weight is 290 g/mol. The standard InChI is InChI=1S/C13H17F3N2O2/c14-13(15,16)8-11(10-4-2-1-3-5-10)18-6-7-20-9-12(17)19/h1-5,11,18H,6-9H2,(H2,17,19). The highest BCUT2D eigenvalue weighted by molar-refractivity contribution is 5.74. The molecule has 1 amide bonds. The molecule has 4 nitrogen and oxygen atoms in total. The topological polar surface area (TPSA) is 64.4 Å². The molecule has 0 aliphatic heterocycles. The van der Waals surface area contributed by atoms with Crippen molar-refractivity contribution in [3.05, 3.63) is 35.9 Å². The van der Waals surface area contributed by atoms with Gasteiger partial charge >= 0.3 is 6.18 Å². The third-order valence-corrected chi connectivity index (χ3v) is 2.52. The zero-order valence-electron chi connectivity index (χ0n) is 10.8. The molecule has 0 spiro atoms. The van der Waals surface area contributed by atoms with E-state index in [-0.39, 0.29) is 19.8 Å². The highest BCUT2D eigenvalue weighted by atomic mass is 19.4. The number of hydrogen-bond donors (Lipinski definition) is 2. The molecule has 20 heavy (non-hydrogen) atoms. The molecular weight excluding hydrogens is 273 g/mol. The van der Waals surface area contributed by atoms with Gasteiger partial charge in [0.1, 0.15) is 6.61 Å². The molecular formula is C13H17F3N2O2. The molecule has 3 N–H and O–H groups in total. The van der Waals surface area contributed by atoms with Gasteiger partial charge in [-0.25, -0.2) is 0 Å². The van der Waals surface area contributed by atoms with Crippen LogP contribution < -0.4 is 11.1 Å². The number of nitrogens with two attached hydrogens (primary N) is 1. The molecule has 1 atom stereocenters. The first kappa shape index (κ1) is 16.5. The third-order valence-electron chi connectivity index (χ3n) is 2.52. The summed E-state index contributed by atoms with van der Waals surface area (Å²) in [5.74, 6) is -0.611. The summed E-state index contributed by atoms with van der Waals surface area (Å²) in [6.07, 6.45) is -5.23. The summed E-state index contributed by atoms with van der Waals surface area (Å²) in [5.41, 5.74) is 5.43. The molecule has 0 heterocycles. The highest BCUT2D eigenvalue weighted by Crippen LogP contribution is 2.29. The summed E-state index contributed by atoms with van der Waals surface area (Å²) in [4.78, 5) is 10.4. The molecule has 0 bridgehead atoms. The number of nitrogens with one attached hydrogen (secondary N) is 1.